The first-order valence-electron chi connectivity index (χ1n) is 10.2. The number of fused-ring (bicyclic) bond motifs is 1. The van der Waals surface area contributed by atoms with Gasteiger partial charge < -0.3 is 15.0 Å². The van der Waals surface area contributed by atoms with Crippen LogP contribution in [0.25, 0.3) is 16.6 Å². The number of halogens is 1. The van der Waals surface area contributed by atoms with Crippen molar-refractivity contribution in [2.24, 2.45) is 0 Å². The normalized spacial score (nSPS) is 14.2. The fourth-order valence-corrected chi connectivity index (χ4v) is 4.61. The Morgan fingerprint density at radius 3 is 2.68 bits per heavy atom. The number of hydrogen-bond donors (Lipinski definition) is 1. The van der Waals surface area contributed by atoms with Crippen molar-refractivity contribution in [3.05, 3.63) is 76.2 Å². The molecule has 0 atom stereocenters. The lowest BCUT2D eigenvalue weighted by molar-refractivity contribution is 0.0735. The van der Waals surface area contributed by atoms with E-state index in [1.165, 1.54) is 6.07 Å². The van der Waals surface area contributed by atoms with Crippen LogP contribution in [0.1, 0.15) is 15.9 Å². The highest BCUT2D eigenvalue weighted by Gasteiger charge is 2.29. The van der Waals surface area contributed by atoms with Gasteiger partial charge in [-0.15, -0.1) is 0 Å². The predicted octanol–water partition coefficient (Wildman–Crippen LogP) is 4.98. The van der Waals surface area contributed by atoms with Crippen LogP contribution < -0.4 is 10.1 Å². The summed E-state index contributed by atoms with van der Waals surface area (Å²) < 4.78 is 22.5. The van der Waals surface area contributed by atoms with E-state index in [0.717, 1.165) is 29.7 Å². The highest BCUT2D eigenvalue weighted by molar-refractivity contribution is 7.08. The maximum atomic E-state index is 14.2. The number of piperazine rings is 1. The molecule has 158 valence electrons. The summed E-state index contributed by atoms with van der Waals surface area (Å²) in [6, 6.07) is 14.5. The summed E-state index contributed by atoms with van der Waals surface area (Å²) in [5, 5.41) is 8.10. The Morgan fingerprint density at radius 1 is 1.10 bits per heavy atom. The molecule has 1 N–H and O–H groups in total. The van der Waals surface area contributed by atoms with Crippen molar-refractivity contribution in [2.45, 2.75) is 6.92 Å². The van der Waals surface area contributed by atoms with Crippen molar-refractivity contribution in [1.82, 2.24) is 14.8 Å². The minimum Gasteiger partial charge on any atom is -0.439 e. The Bertz CT molecular complexity index is 1240. The van der Waals surface area contributed by atoms with E-state index < -0.39 is 0 Å². The second-order valence-electron chi connectivity index (χ2n) is 7.52. The first-order valence-corrected chi connectivity index (χ1v) is 11.2. The zero-order valence-electron chi connectivity index (χ0n) is 17.1. The van der Waals surface area contributed by atoms with Gasteiger partial charge in [-0.25, -0.2) is 4.39 Å². The lowest BCUT2D eigenvalue weighted by Crippen LogP contribution is -2.46. The number of carbonyl (C=O) groups excluding carboxylic acids is 1. The zero-order valence-corrected chi connectivity index (χ0v) is 17.9. The van der Waals surface area contributed by atoms with E-state index in [0.29, 0.717) is 35.8 Å². The van der Waals surface area contributed by atoms with Crippen LogP contribution in [0.3, 0.4) is 0 Å². The summed E-state index contributed by atoms with van der Waals surface area (Å²) >= 11 is 1.57. The quantitative estimate of drug-likeness (QED) is 0.492. The average molecular weight is 436 g/mol. The third-order valence-electron chi connectivity index (χ3n) is 5.64. The second-order valence-corrected chi connectivity index (χ2v) is 8.30. The molecule has 0 bridgehead atoms. The fourth-order valence-electron chi connectivity index (χ4n) is 3.99. The maximum Gasteiger partial charge on any atom is 0.260 e. The predicted molar refractivity (Wildman–Crippen MR) is 121 cm³/mol. The number of nitrogens with zero attached hydrogens (tertiary/aromatic N) is 2. The van der Waals surface area contributed by atoms with Crippen molar-refractivity contribution in [3.63, 3.8) is 0 Å². The largest absolute Gasteiger partial charge is 0.439 e. The summed E-state index contributed by atoms with van der Waals surface area (Å²) in [6.45, 7) is 4.46. The van der Waals surface area contributed by atoms with E-state index in [1.54, 1.807) is 30.4 Å². The molecule has 1 saturated heterocycles. The number of carbonyl (C=O) groups is 1. The van der Waals surface area contributed by atoms with Crippen molar-refractivity contribution in [1.29, 1.82) is 0 Å². The molecular formula is C24H22FN3O2S. The molecule has 1 aliphatic heterocycles. The van der Waals surface area contributed by atoms with Crippen molar-refractivity contribution < 1.29 is 13.9 Å². The Balaban J connectivity index is 1.75. The van der Waals surface area contributed by atoms with Crippen LogP contribution in [-0.4, -0.2) is 41.6 Å². The van der Waals surface area contributed by atoms with E-state index in [1.807, 2.05) is 50.6 Å². The molecule has 0 spiro atoms. The second kappa shape index (κ2) is 8.17. The van der Waals surface area contributed by atoms with E-state index in [2.05, 4.69) is 5.32 Å². The lowest BCUT2D eigenvalue weighted by Gasteiger charge is -2.27. The van der Waals surface area contributed by atoms with Crippen LogP contribution in [0.4, 0.5) is 4.39 Å². The average Bonchev–Trinajstić information content (AvgIpc) is 3.43. The van der Waals surface area contributed by atoms with Gasteiger partial charge in [0, 0.05) is 42.5 Å². The molecule has 3 heterocycles. The first kappa shape index (κ1) is 19.8. The molecule has 5 rings (SSSR count). The number of ether oxygens (including phenoxy) is 1. The number of thiophene rings is 1. The molecule has 5 nitrogen and oxygen atoms in total. The third kappa shape index (κ3) is 3.49. The number of hydrogen-bond acceptors (Lipinski definition) is 4. The summed E-state index contributed by atoms with van der Waals surface area (Å²) in [7, 11) is 0. The summed E-state index contributed by atoms with van der Waals surface area (Å²) in [6.07, 6.45) is 0. The van der Waals surface area contributed by atoms with E-state index in [9.17, 15) is 9.18 Å². The molecule has 7 heteroatoms. The highest BCUT2D eigenvalue weighted by atomic mass is 32.1. The van der Waals surface area contributed by atoms with Crippen molar-refractivity contribution in [3.8, 4) is 17.3 Å². The number of amides is 1. The highest BCUT2D eigenvalue weighted by Crippen LogP contribution is 2.40. The molecule has 4 aromatic rings. The van der Waals surface area contributed by atoms with Gasteiger partial charge in [-0.1, -0.05) is 24.3 Å². The van der Waals surface area contributed by atoms with Crippen molar-refractivity contribution >= 4 is 28.1 Å². The SMILES string of the molecule is Cc1c(F)cccc1Oc1c(C(=O)N2CCNCC2)c2ccccc2n1-c1ccsc1. The topological polar surface area (TPSA) is 46.5 Å². The van der Waals surface area contributed by atoms with Crippen LogP contribution in [0.2, 0.25) is 0 Å². The Kier molecular flexibility index (Phi) is 5.21. The molecule has 1 amide bonds. The van der Waals surface area contributed by atoms with Crippen LogP contribution in [0.5, 0.6) is 11.6 Å². The van der Waals surface area contributed by atoms with Gasteiger partial charge in [0.25, 0.3) is 5.91 Å². The molecule has 2 aromatic heterocycles. The Hall–Kier alpha value is -3.16. The standard InChI is InChI=1S/C24H22FN3O2S/c1-16-19(25)6-4-8-21(16)30-24-22(23(29)27-12-10-26-11-13-27)18-5-2-3-7-20(18)28(24)17-9-14-31-15-17/h2-9,14-15,26H,10-13H2,1H3. The van der Waals surface area contributed by atoms with Gasteiger partial charge in [-0.3, -0.25) is 9.36 Å². The number of nitrogens with one attached hydrogen (secondary N) is 1. The van der Waals surface area contributed by atoms with Gasteiger partial charge in [0.1, 0.15) is 17.1 Å². The molecule has 0 unspecified atom stereocenters. The molecular weight excluding hydrogens is 413 g/mol. The van der Waals surface area contributed by atoms with Crippen molar-refractivity contribution in [2.75, 3.05) is 26.2 Å². The van der Waals surface area contributed by atoms with Gasteiger partial charge in [0.15, 0.2) is 0 Å². The lowest BCUT2D eigenvalue weighted by atomic mass is 10.1. The van der Waals surface area contributed by atoms with Gasteiger partial charge in [-0.05, 0) is 36.6 Å². The number of para-hydroxylation sites is 1. The minimum atomic E-state index is -0.342. The molecule has 0 saturated carbocycles. The molecule has 1 fully saturated rings. The summed E-state index contributed by atoms with van der Waals surface area (Å²) in [5.41, 5.74) is 2.70. The molecule has 0 aliphatic carbocycles. The van der Waals surface area contributed by atoms with Crippen LogP contribution >= 0.6 is 11.3 Å². The first-order chi connectivity index (χ1) is 15.1. The van der Waals surface area contributed by atoms with Gasteiger partial charge in [0.2, 0.25) is 5.88 Å². The van der Waals surface area contributed by atoms with Gasteiger partial charge in [0.05, 0.1) is 11.2 Å². The molecule has 0 radical (unpaired) electrons. The van der Waals surface area contributed by atoms with Gasteiger partial charge in [-0.2, -0.15) is 11.3 Å². The minimum absolute atomic E-state index is 0.0734. The maximum absolute atomic E-state index is 14.2. The number of benzene rings is 2. The smallest absolute Gasteiger partial charge is 0.260 e. The van der Waals surface area contributed by atoms with E-state index >= 15 is 0 Å². The third-order valence-corrected chi connectivity index (χ3v) is 6.31. The van der Waals surface area contributed by atoms with E-state index in [4.69, 9.17) is 4.74 Å². The molecule has 1 aliphatic rings. The summed E-state index contributed by atoms with van der Waals surface area (Å²) in [5.74, 6) is 0.395. The van der Waals surface area contributed by atoms with Gasteiger partial charge >= 0.3 is 0 Å². The zero-order chi connectivity index (χ0) is 21.4. The van der Waals surface area contributed by atoms with Crippen LogP contribution in [0.15, 0.2) is 59.3 Å². The van der Waals surface area contributed by atoms with Crippen LogP contribution in [0, 0.1) is 12.7 Å². The molecule has 31 heavy (non-hydrogen) atoms. The molecule has 2 aromatic carbocycles. The van der Waals surface area contributed by atoms with E-state index in [-0.39, 0.29) is 11.7 Å². The Morgan fingerprint density at radius 2 is 1.90 bits per heavy atom. The number of rotatable bonds is 4. The monoisotopic (exact) mass is 435 g/mol. The fraction of sp³-hybridized carbons (Fsp3) is 0.208. The summed E-state index contributed by atoms with van der Waals surface area (Å²) in [4.78, 5) is 15.5. The Labute approximate surface area is 183 Å². The number of aromatic nitrogens is 1. The van der Waals surface area contributed by atoms with Crippen LogP contribution in [-0.2, 0) is 0 Å².